The van der Waals surface area contributed by atoms with E-state index in [9.17, 15) is 23.2 Å². The van der Waals surface area contributed by atoms with Crippen LogP contribution >= 0.6 is 0 Å². The average Bonchev–Trinajstić information content (AvgIpc) is 2.38. The molecule has 21 heavy (non-hydrogen) atoms. The van der Waals surface area contributed by atoms with E-state index in [1.807, 2.05) is 0 Å². The third kappa shape index (κ3) is 3.28. The second-order valence-electron chi connectivity index (χ2n) is 4.41. The van der Waals surface area contributed by atoms with Gasteiger partial charge in [0, 0.05) is 11.6 Å². The van der Waals surface area contributed by atoms with E-state index in [4.69, 9.17) is 4.74 Å². The molecule has 0 bridgehead atoms. The van der Waals surface area contributed by atoms with Crippen LogP contribution in [0.1, 0.15) is 12.5 Å². The highest BCUT2D eigenvalue weighted by molar-refractivity contribution is 6.25. The van der Waals surface area contributed by atoms with Crippen molar-refractivity contribution in [3.63, 3.8) is 0 Å². The van der Waals surface area contributed by atoms with Crippen LogP contribution in [0.5, 0.6) is 0 Å². The highest BCUT2D eigenvalue weighted by Crippen LogP contribution is 2.17. The largest absolute Gasteiger partial charge is 0.430 e. The topological polar surface area (TPSA) is 60.4 Å². The lowest BCUT2D eigenvalue weighted by atomic mass is 9.96. The summed E-state index contributed by atoms with van der Waals surface area (Å²) in [7, 11) is 0. The number of ketones is 2. The van der Waals surface area contributed by atoms with Gasteiger partial charge in [0.2, 0.25) is 0 Å². The number of allylic oxidation sites excluding steroid dienone is 3. The minimum atomic E-state index is -1.60. The smallest absolute Gasteiger partial charge is 0.329 e. The van der Waals surface area contributed by atoms with E-state index in [1.54, 1.807) is 0 Å². The second kappa shape index (κ2) is 5.78. The molecule has 4 nitrogen and oxygen atoms in total. The predicted molar refractivity (Wildman–Crippen MR) is 68.7 cm³/mol. The van der Waals surface area contributed by atoms with Gasteiger partial charge in [0.1, 0.15) is 17.4 Å². The Bertz CT molecular complexity index is 689. The quantitative estimate of drug-likeness (QED) is 0.487. The Morgan fingerprint density at radius 2 is 2.00 bits per heavy atom. The molecule has 1 heterocycles. The molecule has 1 unspecified atom stereocenters. The molecule has 2 rings (SSSR count). The number of benzene rings is 1. The fourth-order valence-corrected chi connectivity index (χ4v) is 1.81. The van der Waals surface area contributed by atoms with Gasteiger partial charge in [-0.15, -0.1) is 0 Å². The molecule has 0 saturated carbocycles. The van der Waals surface area contributed by atoms with E-state index in [2.05, 4.69) is 0 Å². The van der Waals surface area contributed by atoms with E-state index in [-0.39, 0.29) is 11.3 Å². The van der Waals surface area contributed by atoms with Crippen LogP contribution in [0.2, 0.25) is 0 Å². The number of hydrogen-bond donors (Lipinski definition) is 0. The van der Waals surface area contributed by atoms with Crippen molar-refractivity contribution in [3.05, 3.63) is 53.3 Å². The molecule has 1 aromatic rings. The zero-order valence-electron chi connectivity index (χ0n) is 10.9. The first-order chi connectivity index (χ1) is 9.88. The van der Waals surface area contributed by atoms with Crippen molar-refractivity contribution >= 4 is 23.6 Å². The third-order valence-electron chi connectivity index (χ3n) is 2.80. The number of rotatable bonds is 3. The molecule has 1 aliphatic heterocycles. The molecule has 0 aliphatic carbocycles. The average molecular weight is 292 g/mol. The normalized spacial score (nSPS) is 18.6. The van der Waals surface area contributed by atoms with Crippen LogP contribution in [-0.2, 0) is 19.1 Å². The van der Waals surface area contributed by atoms with Gasteiger partial charge in [-0.3, -0.25) is 14.4 Å². The van der Waals surface area contributed by atoms with E-state index >= 15 is 0 Å². The van der Waals surface area contributed by atoms with Gasteiger partial charge >= 0.3 is 5.97 Å². The Hall–Kier alpha value is -2.63. The maximum Gasteiger partial charge on any atom is 0.329 e. The number of esters is 1. The van der Waals surface area contributed by atoms with Crippen molar-refractivity contribution in [1.29, 1.82) is 0 Å². The van der Waals surface area contributed by atoms with Crippen molar-refractivity contribution in [2.45, 2.75) is 6.92 Å². The molecule has 1 aromatic carbocycles. The molecule has 1 atom stereocenters. The first-order valence-corrected chi connectivity index (χ1v) is 5.99. The monoisotopic (exact) mass is 292 g/mol. The zero-order chi connectivity index (χ0) is 15.6. The van der Waals surface area contributed by atoms with E-state index in [0.717, 1.165) is 36.4 Å². The molecule has 0 N–H and O–H groups in total. The van der Waals surface area contributed by atoms with Gasteiger partial charge in [0.25, 0.3) is 0 Å². The number of carbonyl (C=O) groups is 3. The summed E-state index contributed by atoms with van der Waals surface area (Å²) in [6, 6.07) is 2.74. The minimum absolute atomic E-state index is 0.106. The van der Waals surface area contributed by atoms with Gasteiger partial charge in [-0.1, -0.05) is 0 Å². The minimum Gasteiger partial charge on any atom is -0.430 e. The number of hydrogen-bond acceptors (Lipinski definition) is 4. The van der Waals surface area contributed by atoms with Crippen LogP contribution < -0.4 is 0 Å². The van der Waals surface area contributed by atoms with Crippen LogP contribution in [0.25, 0.3) is 6.08 Å². The fraction of sp³-hybridized carbons (Fsp3) is 0.133. The molecule has 108 valence electrons. The number of cyclic esters (lactones) is 1. The SMILES string of the molecule is CC1=CC(=O)C(C(=O)/C=C/c2cc(F)ccc2F)C(=O)O1. The number of ether oxygens (including phenoxy) is 1. The van der Waals surface area contributed by atoms with E-state index < -0.39 is 35.1 Å². The van der Waals surface area contributed by atoms with Crippen molar-refractivity contribution in [1.82, 2.24) is 0 Å². The summed E-state index contributed by atoms with van der Waals surface area (Å²) in [6.07, 6.45) is 2.91. The summed E-state index contributed by atoms with van der Waals surface area (Å²) in [5.41, 5.74) is -0.160. The third-order valence-corrected chi connectivity index (χ3v) is 2.80. The first-order valence-electron chi connectivity index (χ1n) is 5.99. The lowest BCUT2D eigenvalue weighted by molar-refractivity contribution is -0.151. The van der Waals surface area contributed by atoms with Gasteiger partial charge < -0.3 is 4.74 Å². The Labute approximate surface area is 118 Å². The molecule has 0 spiro atoms. The van der Waals surface area contributed by atoms with Crippen molar-refractivity contribution in [2.24, 2.45) is 5.92 Å². The summed E-state index contributed by atoms with van der Waals surface area (Å²) >= 11 is 0. The molecular formula is C15H10F2O4. The molecule has 0 saturated heterocycles. The van der Waals surface area contributed by atoms with Crippen molar-refractivity contribution in [2.75, 3.05) is 0 Å². The highest BCUT2D eigenvalue weighted by Gasteiger charge is 2.36. The predicted octanol–water partition coefficient (Wildman–Crippen LogP) is 2.19. The van der Waals surface area contributed by atoms with E-state index in [1.165, 1.54) is 6.92 Å². The van der Waals surface area contributed by atoms with E-state index in [0.29, 0.717) is 0 Å². The van der Waals surface area contributed by atoms with Crippen LogP contribution in [0.15, 0.2) is 36.1 Å². The Kier molecular flexibility index (Phi) is 4.07. The number of carbonyl (C=O) groups excluding carboxylic acids is 3. The van der Waals surface area contributed by atoms with Crippen LogP contribution in [0.3, 0.4) is 0 Å². The molecular weight excluding hydrogens is 282 g/mol. The maximum absolute atomic E-state index is 13.4. The van der Waals surface area contributed by atoms with Gasteiger partial charge in [0.05, 0.1) is 0 Å². The lowest BCUT2D eigenvalue weighted by Gasteiger charge is -2.15. The second-order valence-corrected chi connectivity index (χ2v) is 4.41. The summed E-state index contributed by atoms with van der Waals surface area (Å²) in [4.78, 5) is 35.0. The lowest BCUT2D eigenvalue weighted by Crippen LogP contribution is -2.34. The standard InChI is InChI=1S/C15H10F2O4/c1-8-6-13(19)14(15(20)21-8)12(18)5-2-9-7-10(16)3-4-11(9)17/h2-7,14H,1H3/b5-2+. The molecule has 0 fully saturated rings. The Balaban J connectivity index is 2.22. The van der Waals surface area contributed by atoms with Gasteiger partial charge in [-0.05, 0) is 37.3 Å². The summed E-state index contributed by atoms with van der Waals surface area (Å²) < 4.78 is 31.0. The first kappa shape index (κ1) is 14.8. The highest BCUT2D eigenvalue weighted by atomic mass is 19.1. The van der Waals surface area contributed by atoms with Crippen LogP contribution in [0, 0.1) is 17.6 Å². The molecule has 0 radical (unpaired) electrons. The summed E-state index contributed by atoms with van der Waals surface area (Å²) in [5.74, 6) is -5.41. The number of halogens is 2. The molecule has 1 aliphatic rings. The van der Waals surface area contributed by atoms with Gasteiger partial charge in [-0.2, -0.15) is 0 Å². The van der Waals surface area contributed by atoms with Crippen molar-refractivity contribution < 1.29 is 27.9 Å². The van der Waals surface area contributed by atoms with Crippen LogP contribution in [-0.4, -0.2) is 17.5 Å². The molecule has 0 aromatic heterocycles. The maximum atomic E-state index is 13.4. The molecule has 0 amide bonds. The Morgan fingerprint density at radius 3 is 2.67 bits per heavy atom. The van der Waals surface area contributed by atoms with Crippen LogP contribution in [0.4, 0.5) is 8.78 Å². The Morgan fingerprint density at radius 1 is 1.29 bits per heavy atom. The zero-order valence-corrected chi connectivity index (χ0v) is 10.9. The summed E-state index contributed by atoms with van der Waals surface area (Å²) in [5, 5.41) is 0. The fourth-order valence-electron chi connectivity index (χ4n) is 1.81. The van der Waals surface area contributed by atoms with Crippen molar-refractivity contribution in [3.8, 4) is 0 Å². The van der Waals surface area contributed by atoms with Gasteiger partial charge in [0.15, 0.2) is 17.5 Å². The van der Waals surface area contributed by atoms with Gasteiger partial charge in [-0.25, -0.2) is 8.78 Å². The summed E-state index contributed by atoms with van der Waals surface area (Å²) in [6.45, 7) is 1.41. The molecule has 6 heteroatoms.